The van der Waals surface area contributed by atoms with Gasteiger partial charge in [-0.1, -0.05) is 54.8 Å². The molecule has 4 aliphatic rings. The maximum Gasteiger partial charge on any atom is 0.411 e. The van der Waals surface area contributed by atoms with Crippen molar-refractivity contribution in [2.75, 3.05) is 32.8 Å². The van der Waals surface area contributed by atoms with Gasteiger partial charge in [0.05, 0.1) is 67.0 Å². The highest BCUT2D eigenvalue weighted by Gasteiger charge is 2.52. The molecule has 3 aromatic rings. The van der Waals surface area contributed by atoms with E-state index in [1.165, 1.54) is 30.4 Å². The number of Topliss-reactive ketones (excluding diaryl/α,β-unsaturated/α-hetero) is 1. The number of aromatic hydroxyl groups is 1. The molecule has 2 aliphatic heterocycles. The fourth-order valence-electron chi connectivity index (χ4n) is 8.98. The summed E-state index contributed by atoms with van der Waals surface area (Å²) in [6, 6.07) is 5.74. The number of allylic oxidation sites excluding steroid dienone is 3. The summed E-state index contributed by atoms with van der Waals surface area (Å²) >= 11 is 5.51. The minimum atomic E-state index is -1.70. The number of phenols is 1. The number of aliphatic hydroxyl groups is 3. The predicted octanol–water partition coefficient (Wildman–Crippen LogP) is 2.55. The zero-order valence-corrected chi connectivity index (χ0v) is 39.2. The molecule has 0 spiro atoms. The van der Waals surface area contributed by atoms with Gasteiger partial charge in [-0.2, -0.15) is 0 Å². The Morgan fingerprint density at radius 3 is 2.60 bits per heavy atom. The number of aliphatic hydroxyl groups excluding tert-OH is 3. The van der Waals surface area contributed by atoms with Crippen LogP contribution in [0, 0.1) is 35.5 Å². The number of methoxy groups -OCH3 is 2. The minimum Gasteiger partial charge on any atom is -0.508 e. The van der Waals surface area contributed by atoms with E-state index in [1.54, 1.807) is 26.2 Å². The molecule has 1 amide bonds. The normalized spacial score (nSPS) is 30.7. The van der Waals surface area contributed by atoms with E-state index in [2.05, 4.69) is 44.3 Å². The van der Waals surface area contributed by atoms with Gasteiger partial charge >= 0.3 is 12.1 Å². The maximum atomic E-state index is 13.8. The lowest BCUT2D eigenvalue weighted by Crippen LogP contribution is -2.60. The summed E-state index contributed by atoms with van der Waals surface area (Å²) in [6.07, 6.45) is -6.35. The van der Waals surface area contributed by atoms with Crippen LogP contribution in [0.3, 0.4) is 0 Å². The molecule has 358 valence electrons. The second kappa shape index (κ2) is 21.5. The van der Waals surface area contributed by atoms with E-state index in [-0.39, 0.29) is 53.3 Å². The van der Waals surface area contributed by atoms with E-state index < -0.39 is 107 Å². The summed E-state index contributed by atoms with van der Waals surface area (Å²) in [5.41, 5.74) is 0.386. The van der Waals surface area contributed by atoms with Gasteiger partial charge in [0, 0.05) is 59.5 Å². The average Bonchev–Trinajstić information content (AvgIpc) is 3.65. The number of alkyl carbamates (subject to hydrolysis) is 1. The van der Waals surface area contributed by atoms with Crippen LogP contribution >= 0.6 is 0 Å². The summed E-state index contributed by atoms with van der Waals surface area (Å²) in [6.45, 7) is 5.73. The van der Waals surface area contributed by atoms with Crippen LogP contribution in [0.15, 0.2) is 59.3 Å². The van der Waals surface area contributed by atoms with E-state index in [9.17, 15) is 39.9 Å². The van der Waals surface area contributed by atoms with Gasteiger partial charge in [0.25, 0.3) is 0 Å². The van der Waals surface area contributed by atoms with Crippen LogP contribution in [-0.4, -0.2) is 147 Å². The highest BCUT2D eigenvalue weighted by Crippen LogP contribution is 2.43. The first-order valence-corrected chi connectivity index (χ1v) is 24.3. The Morgan fingerprint density at radius 1 is 1.13 bits per heavy atom. The Kier molecular flexibility index (Phi) is 16.0. The minimum absolute atomic E-state index is 0.0573. The Morgan fingerprint density at radius 2 is 1.90 bits per heavy atom. The number of nitrogens with one attached hydrogen (secondary N) is 3. The van der Waals surface area contributed by atoms with Crippen LogP contribution in [0.1, 0.15) is 55.9 Å². The lowest BCUT2D eigenvalue weighted by atomic mass is 9.82. The molecule has 11 unspecified atom stereocenters. The van der Waals surface area contributed by atoms with Gasteiger partial charge < -0.3 is 64.3 Å². The van der Waals surface area contributed by atoms with Crippen molar-refractivity contribution in [1.29, 1.82) is 0 Å². The number of rotatable bonds is 13. The largest absolute Gasteiger partial charge is 0.508 e. The zero-order chi connectivity index (χ0) is 48.3. The first-order chi connectivity index (χ1) is 32.0. The van der Waals surface area contributed by atoms with Gasteiger partial charge in [-0.3, -0.25) is 10.1 Å². The molecule has 1 aromatic carbocycles. The van der Waals surface area contributed by atoms with Crippen LogP contribution in [0.5, 0.6) is 5.75 Å². The first kappa shape index (κ1) is 49.8. The molecule has 0 bridgehead atoms. The lowest BCUT2D eigenvalue weighted by molar-refractivity contribution is -0.341. The number of hydrogen-bond acceptors (Lipinski definition) is 16. The number of hydrogen-bond donors (Lipinski definition) is 8. The highest BCUT2D eigenvalue weighted by atomic mass is 32.8. The van der Waals surface area contributed by atoms with E-state index in [0.717, 1.165) is 7.11 Å². The molecular weight excluding hydrogens is 909 g/mol. The fourth-order valence-corrected chi connectivity index (χ4v) is 9.62. The molecule has 7 rings (SSSR count). The average molecular weight is 963 g/mol. The quantitative estimate of drug-likeness (QED) is 0.0905. The number of benzene rings is 1. The standard InChI is InChI=1S/C47H54N4O14S2/c1-22(2)48-31-21-62-36(20-35(31)60-4)65-44-43(56)37(42(55)41-40-28(18-30(50-41)45(57)58)27-17-24(52)13-14-29(27)49-40)23(3)63-46(44)64-34-12-10-8-7-9-11-26-38(34)25(15-16-67(6)66)32(53)19-33(54)39(26)51-47(59)61-5/h7-8,13-15,17-18,22-23,31-32,34-38,42-44,46,48-49,52-53,55-56H,16,19-21H2,1-6H3,(H,51,59)(H,57,58)/b8-7-,25-15-/t23?,31?,32-,34-,35?,36?,37?,38?,42?,43?,44?,46?,67?/m0/s1. The van der Waals surface area contributed by atoms with E-state index in [4.69, 9.17) is 39.6 Å². The summed E-state index contributed by atoms with van der Waals surface area (Å²) in [4.78, 5) is 46.6. The third kappa shape index (κ3) is 11.0. The zero-order valence-electron chi connectivity index (χ0n) is 37.5. The Labute approximate surface area is 393 Å². The molecule has 2 saturated heterocycles. The van der Waals surface area contributed by atoms with Crippen molar-refractivity contribution < 1.29 is 68.3 Å². The number of fused-ring (bicyclic) bond motifs is 4. The second-order valence-electron chi connectivity index (χ2n) is 16.9. The van der Waals surface area contributed by atoms with Crippen molar-refractivity contribution in [1.82, 2.24) is 20.6 Å². The van der Waals surface area contributed by atoms with Crippen molar-refractivity contribution >= 4 is 60.3 Å². The number of aromatic amines is 1. The first-order valence-electron chi connectivity index (χ1n) is 21.6. The lowest BCUT2D eigenvalue weighted by Gasteiger charge is -2.47. The number of ether oxygens (including phenoxy) is 6. The van der Waals surface area contributed by atoms with Crippen LogP contribution in [0.25, 0.3) is 21.8 Å². The molecule has 18 nitrogen and oxygen atoms in total. The molecule has 8 N–H and O–H groups in total. The van der Waals surface area contributed by atoms with Crippen molar-refractivity contribution in [2.24, 2.45) is 11.8 Å². The molecule has 0 saturated carbocycles. The molecule has 4 heterocycles. The van der Waals surface area contributed by atoms with E-state index in [0.29, 0.717) is 27.6 Å². The second-order valence-corrected chi connectivity index (χ2v) is 20.1. The van der Waals surface area contributed by atoms with Crippen LogP contribution in [0.2, 0.25) is 0 Å². The number of amides is 1. The van der Waals surface area contributed by atoms with Gasteiger partial charge in [-0.25, -0.2) is 14.6 Å². The fraction of sp³-hybridized carbons (Fsp3) is 0.489. The van der Waals surface area contributed by atoms with Crippen LogP contribution in [-0.2, 0) is 53.9 Å². The molecule has 20 heteroatoms. The number of pyridine rings is 1. The Hall–Kier alpha value is -5.07. The molecule has 0 radical (unpaired) electrons. The number of H-pyrrole nitrogens is 1. The number of carbonyl (C=O) groups excluding carboxylic acids is 2. The third-order valence-electron chi connectivity index (χ3n) is 12.1. The van der Waals surface area contributed by atoms with E-state index in [1.807, 2.05) is 20.1 Å². The number of ketones is 1. The number of carboxylic acid groups (broad SMARTS) is 1. The summed E-state index contributed by atoms with van der Waals surface area (Å²) in [5, 5.41) is 64.0. The molecule has 2 aliphatic carbocycles. The van der Waals surface area contributed by atoms with Crippen molar-refractivity contribution in [3.63, 3.8) is 0 Å². The SMILES string of the molecule is COC(=O)NC1=C2C#C/C=C\C#C[C@H](OC3OC(C)C(C(O)c4nc(C(=O)O)cc5c4[nH]c4ccc(O)cc45)C(O)C3OC3CC(OC)C(NC(C)C)CO3)C2/C(=C\CS(C)=S)[C@@H](O)CC1=O. The number of aromatic nitrogens is 2. The number of carbonyl (C=O) groups is 3. The summed E-state index contributed by atoms with van der Waals surface area (Å²) in [7, 11) is 2.12. The van der Waals surface area contributed by atoms with Crippen LogP contribution in [0.4, 0.5) is 4.79 Å². The van der Waals surface area contributed by atoms with Gasteiger partial charge in [0.1, 0.15) is 29.8 Å². The Balaban J connectivity index is 1.33. The number of nitrogens with zero attached hydrogens (tertiary/aromatic N) is 1. The predicted molar refractivity (Wildman–Crippen MR) is 248 cm³/mol. The van der Waals surface area contributed by atoms with Crippen molar-refractivity contribution in [3.8, 4) is 29.4 Å². The molecular formula is C47H54N4O14S2. The summed E-state index contributed by atoms with van der Waals surface area (Å²) < 4.78 is 37.0. The van der Waals surface area contributed by atoms with Gasteiger partial charge in [-0.15, -0.1) is 9.45 Å². The van der Waals surface area contributed by atoms with Crippen LogP contribution < -0.4 is 10.6 Å². The maximum absolute atomic E-state index is 13.8. The van der Waals surface area contributed by atoms with Crippen molar-refractivity contribution in [3.05, 3.63) is 70.7 Å². The highest BCUT2D eigenvalue weighted by molar-refractivity contribution is 8.28. The third-order valence-corrected chi connectivity index (χ3v) is 13.1. The van der Waals surface area contributed by atoms with Gasteiger partial charge in [0.2, 0.25) is 0 Å². The van der Waals surface area contributed by atoms with Crippen molar-refractivity contribution in [2.45, 2.75) is 101 Å². The molecule has 2 fully saturated rings. The summed E-state index contributed by atoms with van der Waals surface area (Å²) in [5.74, 6) is 7.65. The van der Waals surface area contributed by atoms with Gasteiger partial charge in [-0.05, 0) is 55.2 Å². The van der Waals surface area contributed by atoms with Gasteiger partial charge in [0.15, 0.2) is 18.4 Å². The molecule has 13 atom stereocenters. The molecule has 67 heavy (non-hydrogen) atoms. The van der Waals surface area contributed by atoms with E-state index >= 15 is 0 Å². The number of aromatic carboxylic acids is 1. The topological polar surface area (TPSA) is 260 Å². The number of carboxylic acids is 1. The smallest absolute Gasteiger partial charge is 0.411 e. The number of phenolic OH excluding ortho intramolecular Hbond substituents is 1. The Bertz CT molecular complexity index is 2640. The monoisotopic (exact) mass is 962 g/mol. The molecule has 2 aromatic heterocycles.